The van der Waals surface area contributed by atoms with Gasteiger partial charge in [-0.15, -0.1) is 12.3 Å². The minimum absolute atomic E-state index is 0.125. The molecule has 0 saturated heterocycles. The zero-order valence-corrected chi connectivity index (χ0v) is 12.3. The van der Waals surface area contributed by atoms with Gasteiger partial charge in [0.05, 0.1) is 4.90 Å². The van der Waals surface area contributed by atoms with E-state index < -0.39 is 25.7 Å². The van der Waals surface area contributed by atoms with E-state index in [9.17, 15) is 17.6 Å². The van der Waals surface area contributed by atoms with Crippen LogP contribution in [-0.2, 0) is 9.05 Å². The molecule has 0 aliphatic heterocycles. The lowest BCUT2D eigenvalue weighted by atomic mass is 10.1. The fourth-order valence-electron chi connectivity index (χ4n) is 1.54. The topological polar surface area (TPSA) is 63.2 Å². The summed E-state index contributed by atoms with van der Waals surface area (Å²) in [5.74, 6) is 0.954. The van der Waals surface area contributed by atoms with Crippen LogP contribution in [0.15, 0.2) is 23.1 Å². The van der Waals surface area contributed by atoms with Gasteiger partial charge in [-0.05, 0) is 24.6 Å². The van der Waals surface area contributed by atoms with Crippen molar-refractivity contribution >= 4 is 25.6 Å². The third-order valence-electron chi connectivity index (χ3n) is 2.61. The van der Waals surface area contributed by atoms with Gasteiger partial charge in [0, 0.05) is 28.7 Å². The van der Waals surface area contributed by atoms with Crippen LogP contribution in [0, 0.1) is 18.2 Å². The van der Waals surface area contributed by atoms with Gasteiger partial charge in [0.2, 0.25) is 0 Å². The van der Waals surface area contributed by atoms with Crippen molar-refractivity contribution in [3.8, 4) is 12.3 Å². The Balaban J connectivity index is 3.05. The third kappa shape index (κ3) is 4.51. The van der Waals surface area contributed by atoms with Crippen molar-refractivity contribution in [1.29, 1.82) is 0 Å². The fourth-order valence-corrected chi connectivity index (χ4v) is 2.33. The molecule has 1 amide bonds. The predicted octanol–water partition coefficient (Wildman–Crippen LogP) is 2.28. The lowest BCUT2D eigenvalue weighted by Gasteiger charge is -2.14. The van der Waals surface area contributed by atoms with E-state index in [0.29, 0.717) is 12.8 Å². The van der Waals surface area contributed by atoms with Crippen LogP contribution in [0.5, 0.6) is 0 Å². The summed E-state index contributed by atoms with van der Waals surface area (Å²) in [6, 6.07) is 2.44. The Labute approximate surface area is 121 Å². The summed E-state index contributed by atoms with van der Waals surface area (Å²) in [6.07, 6.45) is 6.10. The SMILES string of the molecule is C#CCC(CC)NC(=O)c1cc(F)cc(S(=O)(=O)Cl)c1. The minimum atomic E-state index is -4.11. The average molecular weight is 318 g/mol. The van der Waals surface area contributed by atoms with E-state index in [1.807, 2.05) is 6.92 Å². The molecule has 4 nitrogen and oxygen atoms in total. The van der Waals surface area contributed by atoms with E-state index in [-0.39, 0.29) is 11.6 Å². The fraction of sp³-hybridized carbons (Fsp3) is 0.308. The van der Waals surface area contributed by atoms with Crippen molar-refractivity contribution in [3.63, 3.8) is 0 Å². The number of hydrogen-bond acceptors (Lipinski definition) is 3. The maximum absolute atomic E-state index is 13.4. The standard InChI is InChI=1S/C13H13ClFNO3S/c1-3-5-11(4-2)16-13(17)9-6-10(15)8-12(7-9)20(14,18)19/h1,6-8,11H,4-5H2,2H3,(H,16,17). The Morgan fingerprint density at radius 2 is 2.15 bits per heavy atom. The van der Waals surface area contributed by atoms with Gasteiger partial charge in [0.15, 0.2) is 0 Å². The van der Waals surface area contributed by atoms with E-state index in [1.54, 1.807) is 0 Å². The minimum Gasteiger partial charge on any atom is -0.348 e. The highest BCUT2D eigenvalue weighted by Crippen LogP contribution is 2.18. The summed E-state index contributed by atoms with van der Waals surface area (Å²) < 4.78 is 35.7. The van der Waals surface area contributed by atoms with E-state index >= 15 is 0 Å². The zero-order chi connectivity index (χ0) is 15.3. The second kappa shape index (κ2) is 6.73. The summed E-state index contributed by atoms with van der Waals surface area (Å²) in [5, 5.41) is 2.60. The molecule has 1 atom stereocenters. The van der Waals surface area contributed by atoms with Crippen LogP contribution in [0.3, 0.4) is 0 Å². The number of terminal acetylenes is 1. The van der Waals surface area contributed by atoms with Gasteiger partial charge < -0.3 is 5.32 Å². The summed E-state index contributed by atoms with van der Waals surface area (Å²) in [7, 11) is 1.03. The van der Waals surface area contributed by atoms with Gasteiger partial charge in [-0.25, -0.2) is 12.8 Å². The Kier molecular flexibility index (Phi) is 5.54. The number of carbonyl (C=O) groups excluding carboxylic acids is 1. The molecule has 0 fully saturated rings. The van der Waals surface area contributed by atoms with Crippen LogP contribution in [0.2, 0.25) is 0 Å². The van der Waals surface area contributed by atoms with Crippen molar-refractivity contribution in [1.82, 2.24) is 5.32 Å². The molecule has 0 saturated carbocycles. The van der Waals surface area contributed by atoms with Crippen molar-refractivity contribution in [2.24, 2.45) is 0 Å². The van der Waals surface area contributed by atoms with Crippen LogP contribution < -0.4 is 5.32 Å². The molecule has 0 spiro atoms. The quantitative estimate of drug-likeness (QED) is 0.669. The molecule has 7 heteroatoms. The molecule has 0 aliphatic rings. The molecule has 1 aromatic carbocycles. The summed E-state index contributed by atoms with van der Waals surface area (Å²) in [6.45, 7) is 1.84. The van der Waals surface area contributed by atoms with Gasteiger partial charge in [-0.1, -0.05) is 6.92 Å². The van der Waals surface area contributed by atoms with E-state index in [1.165, 1.54) is 0 Å². The second-order valence-corrected chi connectivity index (χ2v) is 6.67. The molecule has 1 unspecified atom stereocenters. The van der Waals surface area contributed by atoms with Gasteiger partial charge in [-0.2, -0.15) is 0 Å². The summed E-state index contributed by atoms with van der Waals surface area (Å²) in [4.78, 5) is 11.5. The molecule has 0 bridgehead atoms. The van der Waals surface area contributed by atoms with E-state index in [2.05, 4.69) is 11.2 Å². The normalized spacial score (nSPS) is 12.5. The maximum atomic E-state index is 13.4. The maximum Gasteiger partial charge on any atom is 0.261 e. The Hall–Kier alpha value is -1.58. The number of carbonyl (C=O) groups is 1. The first-order valence-corrected chi connectivity index (χ1v) is 8.08. The third-order valence-corrected chi connectivity index (χ3v) is 3.94. The van der Waals surface area contributed by atoms with Crippen LogP contribution in [-0.4, -0.2) is 20.4 Å². The molecule has 0 radical (unpaired) electrons. The largest absolute Gasteiger partial charge is 0.348 e. The molecule has 1 rings (SSSR count). The Morgan fingerprint density at radius 1 is 1.50 bits per heavy atom. The van der Waals surface area contributed by atoms with Crippen LogP contribution >= 0.6 is 10.7 Å². The zero-order valence-electron chi connectivity index (χ0n) is 10.7. The summed E-state index contributed by atoms with van der Waals surface area (Å²) in [5.41, 5.74) is -0.125. The smallest absolute Gasteiger partial charge is 0.261 e. The summed E-state index contributed by atoms with van der Waals surface area (Å²) >= 11 is 0. The average Bonchev–Trinajstić information content (AvgIpc) is 2.36. The second-order valence-electron chi connectivity index (χ2n) is 4.10. The molecule has 0 aliphatic carbocycles. The number of rotatable bonds is 5. The van der Waals surface area contributed by atoms with Crippen molar-refractivity contribution in [2.45, 2.75) is 30.7 Å². The van der Waals surface area contributed by atoms with Crippen LogP contribution in [0.1, 0.15) is 30.1 Å². The van der Waals surface area contributed by atoms with Gasteiger partial charge >= 0.3 is 0 Å². The van der Waals surface area contributed by atoms with E-state index in [0.717, 1.165) is 18.2 Å². The first-order valence-electron chi connectivity index (χ1n) is 5.77. The van der Waals surface area contributed by atoms with Crippen molar-refractivity contribution in [2.75, 3.05) is 0 Å². The Morgan fingerprint density at radius 3 is 2.65 bits per heavy atom. The number of amides is 1. The monoisotopic (exact) mass is 317 g/mol. The molecular weight excluding hydrogens is 305 g/mol. The van der Waals surface area contributed by atoms with Crippen LogP contribution in [0.4, 0.5) is 4.39 Å². The van der Waals surface area contributed by atoms with Crippen molar-refractivity contribution in [3.05, 3.63) is 29.6 Å². The predicted molar refractivity (Wildman–Crippen MR) is 74.4 cm³/mol. The Bertz CT molecular complexity index is 652. The molecule has 0 heterocycles. The molecule has 108 valence electrons. The lowest BCUT2D eigenvalue weighted by Crippen LogP contribution is -2.34. The van der Waals surface area contributed by atoms with E-state index in [4.69, 9.17) is 17.1 Å². The lowest BCUT2D eigenvalue weighted by molar-refractivity contribution is 0.0936. The number of hydrogen-bond donors (Lipinski definition) is 1. The highest BCUT2D eigenvalue weighted by Gasteiger charge is 2.17. The van der Waals surface area contributed by atoms with Gasteiger partial charge in [0.1, 0.15) is 5.82 Å². The van der Waals surface area contributed by atoms with Crippen molar-refractivity contribution < 1.29 is 17.6 Å². The molecule has 0 aromatic heterocycles. The number of nitrogens with one attached hydrogen (secondary N) is 1. The first-order chi connectivity index (χ1) is 9.27. The highest BCUT2D eigenvalue weighted by molar-refractivity contribution is 8.13. The first kappa shape index (κ1) is 16.5. The number of benzene rings is 1. The molecule has 1 N–H and O–H groups in total. The molecule has 20 heavy (non-hydrogen) atoms. The molecular formula is C13H13ClFNO3S. The number of halogens is 2. The van der Waals surface area contributed by atoms with Crippen LogP contribution in [0.25, 0.3) is 0 Å². The van der Waals surface area contributed by atoms with Gasteiger partial charge in [-0.3, -0.25) is 4.79 Å². The highest BCUT2D eigenvalue weighted by atomic mass is 35.7. The molecule has 1 aromatic rings. The van der Waals surface area contributed by atoms with Gasteiger partial charge in [0.25, 0.3) is 15.0 Å².